The van der Waals surface area contributed by atoms with E-state index >= 15 is 0 Å². The Balaban J connectivity index is 2.99. The van der Waals surface area contributed by atoms with Crippen LogP contribution in [0.2, 0.25) is 5.02 Å². The third kappa shape index (κ3) is 5.88. The second kappa shape index (κ2) is 9.32. The van der Waals surface area contributed by atoms with Crippen molar-refractivity contribution in [2.75, 3.05) is 11.4 Å². The van der Waals surface area contributed by atoms with Crippen LogP contribution in [-0.4, -0.2) is 18.6 Å². The lowest BCUT2D eigenvalue weighted by Gasteiger charge is -2.31. The van der Waals surface area contributed by atoms with Gasteiger partial charge in [-0.2, -0.15) is 0 Å². The van der Waals surface area contributed by atoms with Crippen molar-refractivity contribution >= 4 is 17.3 Å². The lowest BCUT2D eigenvalue weighted by molar-refractivity contribution is 0.613. The van der Waals surface area contributed by atoms with E-state index in [0.717, 1.165) is 24.4 Å². The fourth-order valence-corrected chi connectivity index (χ4v) is 2.81. The highest BCUT2D eigenvalue weighted by atomic mass is 35.5. The average Bonchev–Trinajstić information content (AvgIpc) is 2.44. The first-order chi connectivity index (χ1) is 9.99. The van der Waals surface area contributed by atoms with Gasteiger partial charge in [0.2, 0.25) is 0 Å². The molecular formula is C18H31ClN2. The van der Waals surface area contributed by atoms with Crippen LogP contribution in [0.15, 0.2) is 18.2 Å². The molecule has 1 aromatic rings. The fraction of sp³-hybridized carbons (Fsp3) is 0.667. The first-order valence-corrected chi connectivity index (χ1v) is 8.68. The Morgan fingerprint density at radius 3 is 2.48 bits per heavy atom. The molecule has 1 atom stereocenters. The maximum Gasteiger partial charge on any atom is 0.0410 e. The molecule has 0 heterocycles. The number of hydrogen-bond acceptors (Lipinski definition) is 2. The number of rotatable bonds is 9. The van der Waals surface area contributed by atoms with E-state index in [1.165, 1.54) is 30.5 Å². The molecule has 0 aliphatic heterocycles. The van der Waals surface area contributed by atoms with Crippen LogP contribution in [0.3, 0.4) is 0 Å². The molecule has 0 spiro atoms. The van der Waals surface area contributed by atoms with Crippen molar-refractivity contribution in [1.29, 1.82) is 0 Å². The van der Waals surface area contributed by atoms with E-state index in [2.05, 4.69) is 44.7 Å². The molecule has 3 heteroatoms. The summed E-state index contributed by atoms with van der Waals surface area (Å²) in [7, 11) is 0. The predicted octanol–water partition coefficient (Wildman–Crippen LogP) is 5.02. The summed E-state index contributed by atoms with van der Waals surface area (Å²) in [6, 6.07) is 6.92. The van der Waals surface area contributed by atoms with Gasteiger partial charge in [0.1, 0.15) is 0 Å². The van der Waals surface area contributed by atoms with Gasteiger partial charge in [0, 0.05) is 29.3 Å². The molecular weight excluding hydrogens is 280 g/mol. The molecule has 120 valence electrons. The highest BCUT2D eigenvalue weighted by Gasteiger charge is 2.16. The lowest BCUT2D eigenvalue weighted by atomic mass is 10.0. The van der Waals surface area contributed by atoms with E-state index in [1.54, 1.807) is 0 Å². The third-order valence-corrected chi connectivity index (χ3v) is 4.22. The predicted molar refractivity (Wildman–Crippen MR) is 95.4 cm³/mol. The van der Waals surface area contributed by atoms with Crippen molar-refractivity contribution < 1.29 is 0 Å². The molecule has 1 unspecified atom stereocenters. The van der Waals surface area contributed by atoms with Gasteiger partial charge in [-0.25, -0.2) is 0 Å². The largest absolute Gasteiger partial charge is 0.369 e. The van der Waals surface area contributed by atoms with Crippen molar-refractivity contribution in [1.82, 2.24) is 0 Å². The third-order valence-electron chi connectivity index (χ3n) is 3.98. The van der Waals surface area contributed by atoms with Gasteiger partial charge in [-0.05, 0) is 56.9 Å². The van der Waals surface area contributed by atoms with Crippen molar-refractivity contribution in [3.8, 4) is 0 Å². The first-order valence-electron chi connectivity index (χ1n) is 8.30. The summed E-state index contributed by atoms with van der Waals surface area (Å²) >= 11 is 6.20. The van der Waals surface area contributed by atoms with Crippen LogP contribution in [-0.2, 0) is 6.42 Å². The van der Waals surface area contributed by atoms with Crippen molar-refractivity contribution in [2.45, 2.75) is 71.9 Å². The zero-order valence-electron chi connectivity index (χ0n) is 14.0. The number of halogens is 1. The SMILES string of the molecule is CCCCCN(c1ccc(Cl)cc1CC(N)CC)C(C)C. The summed E-state index contributed by atoms with van der Waals surface area (Å²) in [5.74, 6) is 0. The van der Waals surface area contributed by atoms with Gasteiger partial charge < -0.3 is 10.6 Å². The van der Waals surface area contributed by atoms with E-state index in [4.69, 9.17) is 17.3 Å². The van der Waals surface area contributed by atoms with E-state index in [-0.39, 0.29) is 6.04 Å². The van der Waals surface area contributed by atoms with Crippen LogP contribution in [0, 0.1) is 0 Å². The standard InChI is InChI=1S/C18H31ClN2/c1-5-7-8-11-21(14(3)4)18-10-9-16(19)12-15(18)13-17(20)6-2/h9-10,12,14,17H,5-8,11,13,20H2,1-4H3. The smallest absolute Gasteiger partial charge is 0.0410 e. The van der Waals surface area contributed by atoms with Crippen LogP contribution in [0.4, 0.5) is 5.69 Å². The number of nitrogens with zero attached hydrogens (tertiary/aromatic N) is 1. The van der Waals surface area contributed by atoms with Gasteiger partial charge >= 0.3 is 0 Å². The number of nitrogens with two attached hydrogens (primary N) is 1. The summed E-state index contributed by atoms with van der Waals surface area (Å²) in [4.78, 5) is 2.49. The Bertz CT molecular complexity index is 418. The molecule has 1 rings (SSSR count). The van der Waals surface area contributed by atoms with Crippen LogP contribution < -0.4 is 10.6 Å². The first kappa shape index (κ1) is 18.3. The van der Waals surface area contributed by atoms with E-state index in [9.17, 15) is 0 Å². The van der Waals surface area contributed by atoms with Crippen LogP contribution in [0.25, 0.3) is 0 Å². The Hall–Kier alpha value is -0.730. The van der Waals surface area contributed by atoms with Crippen LogP contribution in [0.5, 0.6) is 0 Å². The zero-order valence-corrected chi connectivity index (χ0v) is 14.8. The van der Waals surface area contributed by atoms with E-state index in [0.29, 0.717) is 6.04 Å². The summed E-state index contributed by atoms with van der Waals surface area (Å²) in [6.45, 7) is 9.99. The van der Waals surface area contributed by atoms with Gasteiger partial charge in [-0.1, -0.05) is 38.3 Å². The van der Waals surface area contributed by atoms with Crippen LogP contribution >= 0.6 is 11.6 Å². The van der Waals surface area contributed by atoms with Gasteiger partial charge in [0.05, 0.1) is 0 Å². The van der Waals surface area contributed by atoms with E-state index in [1.807, 2.05) is 6.07 Å². The van der Waals surface area contributed by atoms with Crippen molar-refractivity contribution in [2.24, 2.45) is 5.73 Å². The Morgan fingerprint density at radius 2 is 1.90 bits per heavy atom. The zero-order chi connectivity index (χ0) is 15.8. The number of unbranched alkanes of at least 4 members (excludes halogenated alkanes) is 2. The molecule has 0 saturated heterocycles. The van der Waals surface area contributed by atoms with Gasteiger partial charge in [0.15, 0.2) is 0 Å². The van der Waals surface area contributed by atoms with Gasteiger partial charge in [0.25, 0.3) is 0 Å². The highest BCUT2D eigenvalue weighted by Crippen LogP contribution is 2.28. The van der Waals surface area contributed by atoms with Gasteiger partial charge in [-0.15, -0.1) is 0 Å². The monoisotopic (exact) mass is 310 g/mol. The Kier molecular flexibility index (Phi) is 8.13. The maximum absolute atomic E-state index is 6.20. The maximum atomic E-state index is 6.20. The second-order valence-electron chi connectivity index (χ2n) is 6.14. The quantitative estimate of drug-likeness (QED) is 0.648. The minimum Gasteiger partial charge on any atom is -0.369 e. The molecule has 0 fully saturated rings. The molecule has 0 aliphatic rings. The molecule has 0 aliphatic carbocycles. The number of benzene rings is 1. The van der Waals surface area contributed by atoms with Crippen molar-refractivity contribution in [3.63, 3.8) is 0 Å². The summed E-state index contributed by atoms with van der Waals surface area (Å²) in [6.07, 6.45) is 5.64. The highest BCUT2D eigenvalue weighted by molar-refractivity contribution is 6.30. The molecule has 0 bridgehead atoms. The normalized spacial score (nSPS) is 12.7. The molecule has 0 amide bonds. The molecule has 21 heavy (non-hydrogen) atoms. The molecule has 0 saturated carbocycles. The Labute approximate surface area is 135 Å². The number of anilines is 1. The molecule has 0 radical (unpaired) electrons. The lowest BCUT2D eigenvalue weighted by Crippen LogP contribution is -2.33. The van der Waals surface area contributed by atoms with E-state index < -0.39 is 0 Å². The summed E-state index contributed by atoms with van der Waals surface area (Å²) in [5.41, 5.74) is 8.74. The molecule has 1 aromatic carbocycles. The van der Waals surface area contributed by atoms with Crippen LogP contribution in [0.1, 0.15) is 58.9 Å². The summed E-state index contributed by atoms with van der Waals surface area (Å²) in [5, 5.41) is 0.800. The topological polar surface area (TPSA) is 29.3 Å². The van der Waals surface area contributed by atoms with Crippen molar-refractivity contribution in [3.05, 3.63) is 28.8 Å². The molecule has 2 nitrogen and oxygen atoms in total. The average molecular weight is 311 g/mol. The Morgan fingerprint density at radius 1 is 1.19 bits per heavy atom. The molecule has 0 aromatic heterocycles. The summed E-state index contributed by atoms with van der Waals surface area (Å²) < 4.78 is 0. The number of hydrogen-bond donors (Lipinski definition) is 1. The minimum atomic E-state index is 0.201. The van der Waals surface area contributed by atoms with Gasteiger partial charge in [-0.3, -0.25) is 0 Å². The molecule has 2 N–H and O–H groups in total. The minimum absolute atomic E-state index is 0.201. The fourth-order valence-electron chi connectivity index (χ4n) is 2.61. The second-order valence-corrected chi connectivity index (χ2v) is 6.58.